The Balaban J connectivity index is 5.25. The molecule has 19 heteroatoms. The first-order chi connectivity index (χ1) is 45.3. The molecule has 0 aliphatic rings. The van der Waals surface area contributed by atoms with Crippen molar-refractivity contribution >= 4 is 39.5 Å². The van der Waals surface area contributed by atoms with Gasteiger partial charge in [-0.3, -0.25) is 37.3 Å². The fraction of sp³-hybridized carbons (Fsp3) is 0.893. The number of unbranched alkanes of at least 4 members (excludes halogenated alkanes) is 34. The molecule has 7 atom stereocenters. The lowest BCUT2D eigenvalue weighted by molar-refractivity contribution is -0.161. The predicted molar refractivity (Wildman–Crippen MR) is 381 cm³/mol. The van der Waals surface area contributed by atoms with Gasteiger partial charge in [0.2, 0.25) is 0 Å². The highest BCUT2D eigenvalue weighted by Gasteiger charge is 2.30. The van der Waals surface area contributed by atoms with Crippen molar-refractivity contribution in [1.29, 1.82) is 0 Å². The Labute approximate surface area is 573 Å². The molecule has 0 bridgehead atoms. The van der Waals surface area contributed by atoms with Crippen molar-refractivity contribution in [3.05, 3.63) is 24.3 Å². The lowest BCUT2D eigenvalue weighted by atomic mass is 10.00. The number of allylic oxidation sites excluding steroid dienone is 4. The Morgan fingerprint density at radius 3 is 0.947 bits per heavy atom. The van der Waals surface area contributed by atoms with Crippen LogP contribution in [-0.2, 0) is 65.4 Å². The van der Waals surface area contributed by atoms with Gasteiger partial charge in [-0.05, 0) is 69.1 Å². The van der Waals surface area contributed by atoms with E-state index in [9.17, 15) is 43.2 Å². The zero-order valence-electron chi connectivity index (χ0n) is 60.9. The van der Waals surface area contributed by atoms with Gasteiger partial charge in [-0.15, -0.1) is 0 Å². The van der Waals surface area contributed by atoms with Crippen molar-refractivity contribution in [3.63, 3.8) is 0 Å². The normalized spacial score (nSPS) is 14.8. The average molecular weight is 1380 g/mol. The highest BCUT2D eigenvalue weighted by Crippen LogP contribution is 2.45. The molecule has 17 nitrogen and oxygen atoms in total. The number of esters is 4. The monoisotopic (exact) mass is 1380 g/mol. The Hall–Kier alpha value is -2.46. The van der Waals surface area contributed by atoms with Crippen LogP contribution >= 0.6 is 15.6 Å². The summed E-state index contributed by atoms with van der Waals surface area (Å²) >= 11 is 0. The number of rotatable bonds is 71. The van der Waals surface area contributed by atoms with E-state index in [1.165, 1.54) is 141 Å². The van der Waals surface area contributed by atoms with Crippen LogP contribution in [0.2, 0.25) is 0 Å². The van der Waals surface area contributed by atoms with Gasteiger partial charge >= 0.3 is 39.5 Å². The third-order valence-electron chi connectivity index (χ3n) is 17.5. The van der Waals surface area contributed by atoms with Crippen molar-refractivity contribution in [2.45, 2.75) is 375 Å². The van der Waals surface area contributed by atoms with Crippen LogP contribution < -0.4 is 0 Å². The number of aliphatic hydroxyl groups excluding tert-OH is 1. The summed E-state index contributed by atoms with van der Waals surface area (Å²) in [7, 11) is -9.92. The van der Waals surface area contributed by atoms with Gasteiger partial charge < -0.3 is 33.8 Å². The van der Waals surface area contributed by atoms with E-state index < -0.39 is 97.5 Å². The summed E-state index contributed by atoms with van der Waals surface area (Å²) in [5.41, 5.74) is 0. The van der Waals surface area contributed by atoms with Crippen LogP contribution in [0, 0.1) is 17.8 Å². The zero-order chi connectivity index (χ0) is 69.4. The molecule has 0 aromatic heterocycles. The van der Waals surface area contributed by atoms with Gasteiger partial charge in [-0.1, -0.05) is 304 Å². The van der Waals surface area contributed by atoms with Gasteiger partial charge in [0.15, 0.2) is 12.2 Å². The summed E-state index contributed by atoms with van der Waals surface area (Å²) in [6.07, 6.45) is 53.6. The predicted octanol–water partition coefficient (Wildman–Crippen LogP) is 21.3. The number of phosphoric ester groups is 2. The first kappa shape index (κ1) is 91.5. The first-order valence-corrected chi connectivity index (χ1v) is 41.2. The van der Waals surface area contributed by atoms with Crippen LogP contribution in [0.15, 0.2) is 24.3 Å². The third kappa shape index (κ3) is 65.5. The summed E-state index contributed by atoms with van der Waals surface area (Å²) in [6.45, 7) is 11.8. The van der Waals surface area contributed by atoms with Crippen molar-refractivity contribution in [3.8, 4) is 0 Å². The standard InChI is InChI=1S/C75H142O17P2/c1-8-11-12-13-14-15-16-17-20-24-27-30-33-44-51-58-74(79)91-70(62-85-72(77)56-49-42-37-35-40-47-54-67(6)9-2)64-89-93(81,82)87-60-69(76)61-88-94(83,84)90-65-71(63-86-73(78)57-50-43-38-36-41-48-55-68(7)10-3)92-75(80)59-52-45-34-31-28-25-22-19-18-21-23-26-29-32-39-46-53-66(4)5/h15-17,20,66-71,76H,8-14,18-19,21-65H2,1-7H3,(H,81,82)(H,83,84)/b16-15-,20-17-/t67?,68?,69-,70+,71+/m0/s1. The van der Waals surface area contributed by atoms with E-state index in [1.807, 2.05) is 0 Å². The molecule has 0 spiro atoms. The lowest BCUT2D eigenvalue weighted by Gasteiger charge is -2.21. The number of hydrogen-bond donors (Lipinski definition) is 3. The largest absolute Gasteiger partial charge is 0.472 e. The number of carbonyl (C=O) groups is 4. The van der Waals surface area contributed by atoms with Gasteiger partial charge in [0.1, 0.15) is 19.3 Å². The van der Waals surface area contributed by atoms with Crippen LogP contribution in [-0.4, -0.2) is 96.7 Å². The number of carbonyl (C=O) groups excluding carboxylic acids is 4. The molecule has 0 aliphatic carbocycles. The molecule has 0 aliphatic heterocycles. The fourth-order valence-corrected chi connectivity index (χ4v) is 12.4. The molecule has 0 saturated carbocycles. The maximum absolute atomic E-state index is 13.1. The molecular weight excluding hydrogens is 1230 g/mol. The third-order valence-corrected chi connectivity index (χ3v) is 19.4. The van der Waals surface area contributed by atoms with E-state index in [0.29, 0.717) is 25.7 Å². The van der Waals surface area contributed by atoms with Crippen LogP contribution in [0.3, 0.4) is 0 Å². The minimum absolute atomic E-state index is 0.0837. The first-order valence-electron chi connectivity index (χ1n) is 38.2. The molecule has 0 saturated heterocycles. The highest BCUT2D eigenvalue weighted by atomic mass is 31.2. The van der Waals surface area contributed by atoms with E-state index in [2.05, 4.69) is 72.8 Å². The minimum Gasteiger partial charge on any atom is -0.462 e. The number of ether oxygens (including phenoxy) is 4. The van der Waals surface area contributed by atoms with Crippen molar-refractivity contribution in [1.82, 2.24) is 0 Å². The molecule has 4 unspecified atom stereocenters. The van der Waals surface area contributed by atoms with Crippen LogP contribution in [0.25, 0.3) is 0 Å². The Morgan fingerprint density at radius 1 is 0.351 bits per heavy atom. The number of aliphatic hydroxyl groups is 1. The van der Waals surface area contributed by atoms with E-state index >= 15 is 0 Å². The quantitative estimate of drug-likeness (QED) is 0.0169. The van der Waals surface area contributed by atoms with Gasteiger partial charge in [-0.2, -0.15) is 0 Å². The smallest absolute Gasteiger partial charge is 0.462 e. The molecule has 0 aromatic rings. The summed E-state index contributed by atoms with van der Waals surface area (Å²) in [4.78, 5) is 72.7. The molecule has 0 fully saturated rings. The molecule has 0 heterocycles. The van der Waals surface area contributed by atoms with Crippen LogP contribution in [0.4, 0.5) is 0 Å². The fourth-order valence-electron chi connectivity index (χ4n) is 10.8. The summed E-state index contributed by atoms with van der Waals surface area (Å²) in [5.74, 6) is 0.111. The zero-order valence-corrected chi connectivity index (χ0v) is 62.7. The van der Waals surface area contributed by atoms with Gasteiger partial charge in [0.05, 0.1) is 26.4 Å². The second kappa shape index (κ2) is 65.2. The maximum atomic E-state index is 13.1. The van der Waals surface area contributed by atoms with Crippen LogP contribution in [0.1, 0.15) is 357 Å². The maximum Gasteiger partial charge on any atom is 0.472 e. The molecule has 94 heavy (non-hydrogen) atoms. The molecule has 0 radical (unpaired) electrons. The lowest BCUT2D eigenvalue weighted by Crippen LogP contribution is -2.30. The summed E-state index contributed by atoms with van der Waals surface area (Å²) in [6, 6.07) is 0. The summed E-state index contributed by atoms with van der Waals surface area (Å²) in [5, 5.41) is 10.6. The second-order valence-corrected chi connectivity index (χ2v) is 30.2. The highest BCUT2D eigenvalue weighted by molar-refractivity contribution is 7.47. The topological polar surface area (TPSA) is 237 Å². The Morgan fingerprint density at radius 2 is 0.628 bits per heavy atom. The van der Waals surface area contributed by atoms with E-state index in [-0.39, 0.29) is 25.7 Å². The van der Waals surface area contributed by atoms with E-state index in [4.69, 9.17) is 37.0 Å². The van der Waals surface area contributed by atoms with Crippen molar-refractivity contribution in [2.24, 2.45) is 17.8 Å². The molecule has 554 valence electrons. The van der Waals surface area contributed by atoms with Gasteiger partial charge in [-0.25, -0.2) is 9.13 Å². The van der Waals surface area contributed by atoms with E-state index in [0.717, 1.165) is 133 Å². The average Bonchev–Trinajstić information content (AvgIpc) is 2.22. The van der Waals surface area contributed by atoms with Crippen LogP contribution in [0.5, 0.6) is 0 Å². The minimum atomic E-state index is -4.96. The van der Waals surface area contributed by atoms with Gasteiger partial charge in [0, 0.05) is 25.7 Å². The summed E-state index contributed by atoms with van der Waals surface area (Å²) < 4.78 is 68.4. The Bertz CT molecular complexity index is 1930. The Kier molecular flexibility index (Phi) is 63.5. The van der Waals surface area contributed by atoms with Crippen molar-refractivity contribution in [2.75, 3.05) is 39.6 Å². The molecular formula is C75H142O17P2. The number of phosphoric acid groups is 2. The van der Waals surface area contributed by atoms with E-state index in [1.54, 1.807) is 0 Å². The second-order valence-electron chi connectivity index (χ2n) is 27.3. The molecule has 3 N–H and O–H groups in total. The SMILES string of the molecule is CCCCCC/C=C\C=C/CCCCCCCC(=O)O[C@H](COC(=O)CCCCCCCCC(C)CC)COP(=O)(O)OC[C@H](O)COP(=O)(O)OC[C@@H](COC(=O)CCCCCCCCC(C)CC)OC(=O)CCCCCCCCCCCCCCCCCCC(C)C. The molecule has 0 rings (SSSR count). The number of hydrogen-bond acceptors (Lipinski definition) is 15. The molecule has 0 amide bonds. The molecule has 0 aromatic carbocycles. The van der Waals surface area contributed by atoms with Gasteiger partial charge in [0.25, 0.3) is 0 Å². The van der Waals surface area contributed by atoms with Crippen molar-refractivity contribution < 1.29 is 80.2 Å².